The molecule has 0 saturated carbocycles. The number of halogens is 9. The normalized spacial score (nSPS) is 13.1. The minimum absolute atomic E-state index is 0.144. The van der Waals surface area contributed by atoms with Crippen LogP contribution in [0.5, 0.6) is 0 Å². The van der Waals surface area contributed by atoms with Crippen LogP contribution in [-0.4, -0.2) is 38.7 Å². The van der Waals surface area contributed by atoms with Crippen molar-refractivity contribution in [1.82, 2.24) is 4.72 Å². The van der Waals surface area contributed by atoms with Crippen molar-refractivity contribution in [1.29, 1.82) is 0 Å². The van der Waals surface area contributed by atoms with Gasteiger partial charge in [-0.3, -0.25) is 0 Å². The molecule has 0 radical (unpaired) electrons. The lowest BCUT2D eigenvalue weighted by Crippen LogP contribution is -2.64. The Hall–Kier alpha value is -3.41. The zero-order chi connectivity index (χ0) is 32.9. The van der Waals surface area contributed by atoms with Gasteiger partial charge in [0.05, 0.1) is 6.16 Å². The monoisotopic (exact) mass is 666 g/mol. The van der Waals surface area contributed by atoms with Gasteiger partial charge in [-0.1, -0.05) is 84.9 Å². The van der Waals surface area contributed by atoms with Crippen molar-refractivity contribution >= 4 is 33.2 Å². The van der Waals surface area contributed by atoms with Gasteiger partial charge >= 0.3 is 23.3 Å². The standard InChI is InChI=1S/C25H22P.C5H4F9NO2S/c1-5-13-22(14-6-1)21-26(23-15-7-2-8-16-23,24-17-9-3-10-18-24)25-19-11-4-12-20-25;1-15-18(16,17)5(13,14)3(8,9)2(6,7)4(10,11)12/h1-20H,21H2;15H,1H3/q+1;. The largest absolute Gasteiger partial charge is 0.460 e. The Bertz CT molecular complexity index is 1490. The molecular weight excluding hydrogens is 640 g/mol. The van der Waals surface area contributed by atoms with Crippen molar-refractivity contribution in [2.24, 2.45) is 0 Å². The smallest absolute Gasteiger partial charge is 0.213 e. The molecule has 1 N–H and O–H groups in total. The zero-order valence-electron chi connectivity index (χ0n) is 22.8. The average molecular weight is 667 g/mol. The Morgan fingerprint density at radius 3 is 1.16 bits per heavy atom. The molecule has 14 heteroatoms. The Morgan fingerprint density at radius 1 is 0.545 bits per heavy atom. The minimum Gasteiger partial charge on any atom is -0.213 e. The van der Waals surface area contributed by atoms with Crippen molar-refractivity contribution in [3.8, 4) is 0 Å². The van der Waals surface area contributed by atoms with Crippen molar-refractivity contribution < 1.29 is 47.9 Å². The SMILES string of the molecule is CNS(=O)(=O)C(F)(F)C(F)(F)C(F)(F)C(F)(F)F.c1ccc(C[P+](c2ccccc2)(c2ccccc2)c2ccccc2)cc1. The van der Waals surface area contributed by atoms with E-state index in [0.29, 0.717) is 4.72 Å². The highest BCUT2D eigenvalue weighted by Crippen LogP contribution is 2.58. The second kappa shape index (κ2) is 13.3. The molecule has 0 bridgehead atoms. The average Bonchev–Trinajstić information content (AvgIpc) is 3.01. The third-order valence-corrected chi connectivity index (χ3v) is 12.4. The number of alkyl halides is 9. The van der Waals surface area contributed by atoms with Gasteiger partial charge < -0.3 is 0 Å². The lowest BCUT2D eigenvalue weighted by molar-refractivity contribution is -0.382. The summed E-state index contributed by atoms with van der Waals surface area (Å²) in [5.74, 6) is -14.4. The highest BCUT2D eigenvalue weighted by atomic mass is 32.2. The summed E-state index contributed by atoms with van der Waals surface area (Å²) in [4.78, 5) is 0. The molecule has 4 aromatic rings. The van der Waals surface area contributed by atoms with Crippen molar-refractivity contribution in [3.63, 3.8) is 0 Å². The summed E-state index contributed by atoms with van der Waals surface area (Å²) in [5, 5.41) is -2.36. The van der Waals surface area contributed by atoms with Gasteiger partial charge in [-0.05, 0) is 49.0 Å². The van der Waals surface area contributed by atoms with Crippen LogP contribution in [0.2, 0.25) is 0 Å². The molecule has 0 unspecified atom stereocenters. The summed E-state index contributed by atoms with van der Waals surface area (Å²) in [7, 11) is -8.04. The van der Waals surface area contributed by atoms with E-state index in [-0.39, 0.29) is 7.05 Å². The van der Waals surface area contributed by atoms with Gasteiger partial charge in [-0.15, -0.1) is 0 Å². The lowest BCUT2D eigenvalue weighted by Gasteiger charge is -2.32. The molecule has 0 aliphatic heterocycles. The van der Waals surface area contributed by atoms with Gasteiger partial charge in [-0.2, -0.15) is 39.5 Å². The summed E-state index contributed by atoms with van der Waals surface area (Å²) in [6, 6.07) is 44.0. The molecule has 0 saturated heterocycles. The molecule has 44 heavy (non-hydrogen) atoms. The Kier molecular flexibility index (Phi) is 10.6. The van der Waals surface area contributed by atoms with Gasteiger partial charge in [0.25, 0.3) is 10.0 Å². The fourth-order valence-electron chi connectivity index (χ4n) is 4.28. The van der Waals surface area contributed by atoms with Crippen molar-refractivity contribution in [3.05, 3.63) is 127 Å². The van der Waals surface area contributed by atoms with E-state index in [1.807, 2.05) is 0 Å². The molecule has 236 valence electrons. The molecule has 0 heterocycles. The first-order valence-electron chi connectivity index (χ1n) is 12.7. The summed E-state index contributed by atoms with van der Waals surface area (Å²) in [6.07, 6.45) is -6.02. The van der Waals surface area contributed by atoms with E-state index in [2.05, 4.69) is 121 Å². The maximum absolute atomic E-state index is 12.6. The van der Waals surface area contributed by atoms with E-state index < -0.39 is 40.6 Å². The highest BCUT2D eigenvalue weighted by Gasteiger charge is 2.85. The topological polar surface area (TPSA) is 46.2 Å². The lowest BCUT2D eigenvalue weighted by atomic mass is 10.1. The number of rotatable bonds is 9. The predicted molar refractivity (Wildman–Crippen MR) is 154 cm³/mol. The van der Waals surface area contributed by atoms with Crippen molar-refractivity contribution in [2.75, 3.05) is 7.05 Å². The highest BCUT2D eigenvalue weighted by molar-refractivity contribution is 7.95. The zero-order valence-corrected chi connectivity index (χ0v) is 24.5. The minimum atomic E-state index is -7.23. The second-order valence-electron chi connectivity index (χ2n) is 9.33. The van der Waals surface area contributed by atoms with E-state index in [0.717, 1.165) is 6.16 Å². The molecule has 0 fully saturated rings. The van der Waals surface area contributed by atoms with E-state index in [1.54, 1.807) is 0 Å². The summed E-state index contributed by atoms with van der Waals surface area (Å²) in [5.41, 5.74) is 1.39. The van der Waals surface area contributed by atoms with Crippen LogP contribution in [0.15, 0.2) is 121 Å². The number of benzene rings is 4. The third kappa shape index (κ3) is 6.64. The van der Waals surface area contributed by atoms with Crippen LogP contribution in [0.25, 0.3) is 0 Å². The van der Waals surface area contributed by atoms with E-state index >= 15 is 0 Å². The third-order valence-electron chi connectivity index (χ3n) is 6.58. The number of sulfonamides is 1. The first kappa shape index (κ1) is 35.1. The second-order valence-corrected chi connectivity index (χ2v) is 14.7. The van der Waals surface area contributed by atoms with Crippen molar-refractivity contribution in [2.45, 2.75) is 29.4 Å². The van der Waals surface area contributed by atoms with Crippen LogP contribution >= 0.6 is 7.26 Å². The first-order chi connectivity index (χ1) is 20.5. The Morgan fingerprint density at radius 2 is 0.864 bits per heavy atom. The van der Waals surface area contributed by atoms with Gasteiger partial charge in [0.1, 0.15) is 23.2 Å². The van der Waals surface area contributed by atoms with Gasteiger partial charge in [0.15, 0.2) is 0 Å². The molecule has 0 aromatic heterocycles. The van der Waals surface area contributed by atoms with Crippen LogP contribution in [-0.2, 0) is 16.2 Å². The van der Waals surface area contributed by atoms with Gasteiger partial charge in [0.2, 0.25) is 0 Å². The molecule has 4 rings (SSSR count). The van der Waals surface area contributed by atoms with Crippen LogP contribution in [0, 0.1) is 0 Å². The molecule has 0 aliphatic carbocycles. The fraction of sp³-hybridized carbons (Fsp3) is 0.200. The molecule has 3 nitrogen and oxygen atoms in total. The Labute approximate surface area is 249 Å². The number of nitrogens with one attached hydrogen (secondary N) is 1. The summed E-state index contributed by atoms with van der Waals surface area (Å²) in [6.45, 7) is 0. The molecule has 0 amide bonds. The first-order valence-corrected chi connectivity index (χ1v) is 16.1. The van der Waals surface area contributed by atoms with Crippen LogP contribution in [0.1, 0.15) is 5.56 Å². The maximum Gasteiger partial charge on any atom is 0.460 e. The number of hydrogen-bond donors (Lipinski definition) is 1. The van der Waals surface area contributed by atoms with Crippen LogP contribution in [0.3, 0.4) is 0 Å². The summed E-state index contributed by atoms with van der Waals surface area (Å²) >= 11 is 0. The Balaban J connectivity index is 0.000000260. The van der Waals surface area contributed by atoms with Crippen LogP contribution in [0.4, 0.5) is 39.5 Å². The van der Waals surface area contributed by atoms with E-state index in [1.165, 1.54) is 21.5 Å². The molecule has 0 aliphatic rings. The fourth-order valence-corrected chi connectivity index (χ4v) is 9.25. The predicted octanol–water partition coefficient (Wildman–Crippen LogP) is 7.14. The van der Waals surface area contributed by atoms with E-state index in [9.17, 15) is 47.9 Å². The number of hydrogen-bond acceptors (Lipinski definition) is 2. The molecule has 0 spiro atoms. The molecule has 0 atom stereocenters. The van der Waals surface area contributed by atoms with Gasteiger partial charge in [0, 0.05) is 0 Å². The van der Waals surface area contributed by atoms with Gasteiger partial charge in [-0.25, -0.2) is 13.1 Å². The van der Waals surface area contributed by atoms with E-state index in [4.69, 9.17) is 0 Å². The molecule has 4 aromatic carbocycles. The quantitative estimate of drug-likeness (QED) is 0.153. The van der Waals surface area contributed by atoms with Crippen LogP contribution < -0.4 is 20.6 Å². The summed E-state index contributed by atoms with van der Waals surface area (Å²) < 4.78 is 131. The maximum atomic E-state index is 12.6. The molecular formula is C30H26F9NO2PS+.